The highest BCUT2D eigenvalue weighted by Crippen LogP contribution is 2.12. The van der Waals surface area contributed by atoms with Gasteiger partial charge in [-0.25, -0.2) is 4.79 Å². The maximum Gasteiger partial charge on any atom is 0.318 e. The first-order chi connectivity index (χ1) is 9.28. The van der Waals surface area contributed by atoms with Crippen LogP contribution in [0.3, 0.4) is 0 Å². The van der Waals surface area contributed by atoms with Gasteiger partial charge in [0.1, 0.15) is 0 Å². The molecular formula is C13H20ClN5O. The first-order valence-corrected chi connectivity index (χ1v) is 6.64. The number of carbonyl (C=O) groups excluding carboxylic acids is 1. The summed E-state index contributed by atoms with van der Waals surface area (Å²) in [5.41, 5.74) is 5.65. The molecule has 6 nitrogen and oxygen atoms in total. The number of nitrogens with two attached hydrogens (primary N) is 1. The second-order valence-electron chi connectivity index (χ2n) is 5.28. The highest BCUT2D eigenvalue weighted by Gasteiger charge is 2.13. The van der Waals surface area contributed by atoms with E-state index < -0.39 is 6.03 Å². The number of nitrogens with zero attached hydrogens (tertiary/aromatic N) is 2. The molecule has 0 aromatic carbocycles. The topological polar surface area (TPSA) is 92.4 Å². The summed E-state index contributed by atoms with van der Waals surface area (Å²) in [5, 5.41) is 6.14. The second-order valence-corrected chi connectivity index (χ2v) is 5.68. The number of hydrogen-bond donors (Lipinski definition) is 3. The van der Waals surface area contributed by atoms with Gasteiger partial charge in [-0.1, -0.05) is 11.6 Å². The molecule has 0 saturated heterocycles. The zero-order valence-corrected chi connectivity index (χ0v) is 12.7. The van der Waals surface area contributed by atoms with E-state index in [0.29, 0.717) is 23.9 Å². The number of amides is 2. The molecule has 0 bridgehead atoms. The lowest BCUT2D eigenvalue weighted by molar-refractivity contribution is 0.252. The third-order valence-electron chi connectivity index (χ3n) is 2.19. The van der Waals surface area contributed by atoms with E-state index in [4.69, 9.17) is 17.3 Å². The molecule has 0 saturated carbocycles. The van der Waals surface area contributed by atoms with Gasteiger partial charge in [0.25, 0.3) is 0 Å². The smallest absolute Gasteiger partial charge is 0.318 e. The van der Waals surface area contributed by atoms with Crippen molar-refractivity contribution in [1.29, 1.82) is 0 Å². The molecule has 0 unspecified atom stereocenters. The minimum absolute atomic E-state index is 0.232. The van der Waals surface area contributed by atoms with Gasteiger partial charge in [0, 0.05) is 24.7 Å². The number of halogens is 1. The number of primary amides is 1. The van der Waals surface area contributed by atoms with Crippen molar-refractivity contribution < 1.29 is 4.79 Å². The van der Waals surface area contributed by atoms with Crippen LogP contribution in [-0.4, -0.2) is 29.1 Å². The molecule has 1 aromatic heterocycles. The minimum Gasteiger partial charge on any atom is -0.351 e. The van der Waals surface area contributed by atoms with Crippen LogP contribution in [0.25, 0.3) is 0 Å². The third kappa shape index (κ3) is 6.38. The molecule has 0 aliphatic heterocycles. The number of pyridine rings is 1. The number of nitrogens with one attached hydrogen (secondary N) is 2. The second kappa shape index (κ2) is 7.09. The highest BCUT2D eigenvalue weighted by atomic mass is 35.5. The van der Waals surface area contributed by atoms with Crippen LogP contribution in [0.5, 0.6) is 0 Å². The Morgan fingerprint density at radius 3 is 2.75 bits per heavy atom. The van der Waals surface area contributed by atoms with Gasteiger partial charge in [-0.15, -0.1) is 0 Å². The molecule has 0 radical (unpaired) electrons. The molecule has 0 aliphatic carbocycles. The maximum absolute atomic E-state index is 10.9. The SMILES string of the molecule is CC(C)(C)NC(=NCCc1ncccc1Cl)NC(N)=O. The summed E-state index contributed by atoms with van der Waals surface area (Å²) in [6, 6.07) is 2.90. The first kappa shape index (κ1) is 16.2. The lowest BCUT2D eigenvalue weighted by atomic mass is 10.1. The Bertz CT molecular complexity index is 496. The Kier molecular flexibility index (Phi) is 5.76. The molecule has 0 atom stereocenters. The zero-order valence-electron chi connectivity index (χ0n) is 11.9. The standard InChI is InChI=1S/C13H20ClN5O/c1-13(2,3)19-12(18-11(15)20)17-8-6-10-9(14)5-4-7-16-10/h4-5,7H,6,8H2,1-3H3,(H4,15,17,18,19,20). The van der Waals surface area contributed by atoms with E-state index in [1.54, 1.807) is 18.3 Å². The Morgan fingerprint density at radius 1 is 1.50 bits per heavy atom. The molecule has 7 heteroatoms. The molecule has 0 spiro atoms. The third-order valence-corrected chi connectivity index (χ3v) is 2.53. The molecule has 1 heterocycles. The van der Waals surface area contributed by atoms with Crippen LogP contribution in [0.1, 0.15) is 26.5 Å². The molecule has 20 heavy (non-hydrogen) atoms. The van der Waals surface area contributed by atoms with Crippen LogP contribution in [0.15, 0.2) is 23.3 Å². The predicted octanol–water partition coefficient (Wildman–Crippen LogP) is 1.69. The van der Waals surface area contributed by atoms with E-state index in [9.17, 15) is 4.79 Å². The summed E-state index contributed by atoms with van der Waals surface area (Å²) in [6.45, 7) is 6.32. The zero-order chi connectivity index (χ0) is 15.2. The first-order valence-electron chi connectivity index (χ1n) is 6.26. The molecular weight excluding hydrogens is 278 g/mol. The van der Waals surface area contributed by atoms with Crippen molar-refractivity contribution in [2.75, 3.05) is 6.54 Å². The van der Waals surface area contributed by atoms with Crippen LogP contribution >= 0.6 is 11.6 Å². The summed E-state index contributed by atoms with van der Waals surface area (Å²) in [4.78, 5) is 19.4. The molecule has 4 N–H and O–H groups in total. The van der Waals surface area contributed by atoms with Crippen molar-refractivity contribution >= 4 is 23.6 Å². The van der Waals surface area contributed by atoms with E-state index in [-0.39, 0.29) is 5.54 Å². The van der Waals surface area contributed by atoms with Crippen LogP contribution in [0, 0.1) is 0 Å². The average molecular weight is 298 g/mol. The van der Waals surface area contributed by atoms with E-state index in [0.717, 1.165) is 5.69 Å². The van der Waals surface area contributed by atoms with Crippen LogP contribution in [-0.2, 0) is 6.42 Å². The summed E-state index contributed by atoms with van der Waals surface area (Å²) in [6.07, 6.45) is 2.26. The quantitative estimate of drug-likeness (QED) is 0.585. The van der Waals surface area contributed by atoms with Gasteiger partial charge in [0.05, 0.1) is 10.7 Å². The van der Waals surface area contributed by atoms with Gasteiger partial charge >= 0.3 is 6.03 Å². The van der Waals surface area contributed by atoms with Crippen molar-refractivity contribution in [3.8, 4) is 0 Å². The summed E-state index contributed by atoms with van der Waals surface area (Å²) < 4.78 is 0. The minimum atomic E-state index is -0.656. The van der Waals surface area contributed by atoms with Crippen molar-refractivity contribution in [3.05, 3.63) is 29.0 Å². The van der Waals surface area contributed by atoms with Crippen LogP contribution in [0.2, 0.25) is 5.02 Å². The Morgan fingerprint density at radius 2 is 2.20 bits per heavy atom. The van der Waals surface area contributed by atoms with Gasteiger partial charge in [-0.05, 0) is 32.9 Å². The molecule has 1 rings (SSSR count). The van der Waals surface area contributed by atoms with E-state index in [1.165, 1.54) is 0 Å². The lowest BCUT2D eigenvalue weighted by Gasteiger charge is -2.23. The number of guanidine groups is 1. The van der Waals surface area contributed by atoms with Crippen molar-refractivity contribution in [2.45, 2.75) is 32.7 Å². The van der Waals surface area contributed by atoms with Gasteiger partial charge in [-0.3, -0.25) is 15.3 Å². The fraction of sp³-hybridized carbons (Fsp3) is 0.462. The monoisotopic (exact) mass is 297 g/mol. The van der Waals surface area contributed by atoms with Gasteiger partial charge < -0.3 is 11.1 Å². The Hall–Kier alpha value is -1.82. The Balaban J connectivity index is 2.67. The summed E-state index contributed by atoms with van der Waals surface area (Å²) in [7, 11) is 0. The van der Waals surface area contributed by atoms with E-state index in [1.807, 2.05) is 20.8 Å². The fourth-order valence-corrected chi connectivity index (χ4v) is 1.67. The predicted molar refractivity (Wildman–Crippen MR) is 80.9 cm³/mol. The van der Waals surface area contributed by atoms with Crippen LogP contribution < -0.4 is 16.4 Å². The number of rotatable bonds is 3. The highest BCUT2D eigenvalue weighted by molar-refractivity contribution is 6.31. The summed E-state index contributed by atoms with van der Waals surface area (Å²) >= 11 is 6.01. The number of aromatic nitrogens is 1. The van der Waals surface area contributed by atoms with Crippen molar-refractivity contribution in [2.24, 2.45) is 10.7 Å². The molecule has 2 amide bonds. The number of urea groups is 1. The number of carbonyl (C=O) groups is 1. The number of hydrogen-bond acceptors (Lipinski definition) is 3. The molecule has 110 valence electrons. The molecule has 0 fully saturated rings. The molecule has 1 aromatic rings. The summed E-state index contributed by atoms with van der Waals surface area (Å²) in [5.74, 6) is 0.344. The Labute approximate surface area is 123 Å². The average Bonchev–Trinajstić information content (AvgIpc) is 2.28. The van der Waals surface area contributed by atoms with Crippen molar-refractivity contribution in [1.82, 2.24) is 15.6 Å². The van der Waals surface area contributed by atoms with E-state index >= 15 is 0 Å². The largest absolute Gasteiger partial charge is 0.351 e. The van der Waals surface area contributed by atoms with Gasteiger partial charge in [0.2, 0.25) is 0 Å². The van der Waals surface area contributed by atoms with Gasteiger partial charge in [0.15, 0.2) is 5.96 Å². The molecule has 0 aliphatic rings. The number of aliphatic imine (C=N–C) groups is 1. The normalized spacial score (nSPS) is 12.1. The van der Waals surface area contributed by atoms with Gasteiger partial charge in [-0.2, -0.15) is 0 Å². The van der Waals surface area contributed by atoms with Crippen LogP contribution in [0.4, 0.5) is 4.79 Å². The van der Waals surface area contributed by atoms with Crippen molar-refractivity contribution in [3.63, 3.8) is 0 Å². The van der Waals surface area contributed by atoms with E-state index in [2.05, 4.69) is 20.6 Å². The maximum atomic E-state index is 10.9. The fourth-order valence-electron chi connectivity index (χ4n) is 1.46. The lowest BCUT2D eigenvalue weighted by Crippen LogP contribution is -2.50.